The van der Waals surface area contributed by atoms with Gasteiger partial charge in [-0.15, -0.1) is 0 Å². The Balaban J connectivity index is 2.17. The number of ether oxygens (including phenoxy) is 1. The maximum Gasteiger partial charge on any atom is 0.139 e. The molecule has 21 heavy (non-hydrogen) atoms. The van der Waals surface area contributed by atoms with Gasteiger partial charge in [0.1, 0.15) is 24.0 Å². The third-order valence-corrected chi connectivity index (χ3v) is 4.21. The zero-order valence-corrected chi connectivity index (χ0v) is 13.7. The monoisotopic (exact) mass is 390 g/mol. The van der Waals surface area contributed by atoms with Crippen molar-refractivity contribution in [1.29, 1.82) is 5.41 Å². The van der Waals surface area contributed by atoms with Crippen LogP contribution in [0.5, 0.6) is 5.75 Å². The van der Waals surface area contributed by atoms with Crippen molar-refractivity contribution >= 4 is 45.0 Å². The molecule has 0 amide bonds. The lowest BCUT2D eigenvalue weighted by molar-refractivity contribution is 0.300. The highest BCUT2D eigenvalue weighted by molar-refractivity contribution is 9.10. The summed E-state index contributed by atoms with van der Waals surface area (Å²) in [7, 11) is 0. The molecule has 0 heterocycles. The second-order valence-electron chi connectivity index (χ2n) is 4.21. The van der Waals surface area contributed by atoms with E-state index in [4.69, 9.17) is 39.1 Å². The molecule has 0 bridgehead atoms. The van der Waals surface area contributed by atoms with Crippen LogP contribution in [0.4, 0.5) is 4.39 Å². The van der Waals surface area contributed by atoms with Crippen LogP contribution in [-0.2, 0) is 6.61 Å². The number of hydrogen-bond acceptors (Lipinski definition) is 2. The summed E-state index contributed by atoms with van der Waals surface area (Å²) in [6.07, 6.45) is 0. The lowest BCUT2D eigenvalue weighted by Crippen LogP contribution is -2.12. The van der Waals surface area contributed by atoms with Gasteiger partial charge in [-0.25, -0.2) is 4.39 Å². The van der Waals surface area contributed by atoms with Crippen molar-refractivity contribution in [2.75, 3.05) is 0 Å². The molecule has 0 fully saturated rings. The average molecular weight is 392 g/mol. The van der Waals surface area contributed by atoms with E-state index in [1.54, 1.807) is 18.2 Å². The fraction of sp³-hybridized carbons (Fsp3) is 0.0714. The van der Waals surface area contributed by atoms with E-state index in [9.17, 15) is 4.39 Å². The molecule has 0 atom stereocenters. The first-order valence-electron chi connectivity index (χ1n) is 5.78. The van der Waals surface area contributed by atoms with E-state index >= 15 is 0 Å². The molecule has 0 saturated heterocycles. The largest absolute Gasteiger partial charge is 0.487 e. The number of benzene rings is 2. The van der Waals surface area contributed by atoms with E-state index in [0.29, 0.717) is 31.4 Å². The molecule has 3 N–H and O–H groups in total. The highest BCUT2D eigenvalue weighted by Crippen LogP contribution is 2.34. The van der Waals surface area contributed by atoms with Crippen LogP contribution in [0.3, 0.4) is 0 Å². The molecule has 2 aromatic rings. The van der Waals surface area contributed by atoms with Crippen molar-refractivity contribution in [3.05, 3.63) is 61.8 Å². The molecule has 0 unspecified atom stereocenters. The van der Waals surface area contributed by atoms with Crippen molar-refractivity contribution in [2.45, 2.75) is 6.61 Å². The maximum absolute atomic E-state index is 13.9. The van der Waals surface area contributed by atoms with Crippen LogP contribution in [-0.4, -0.2) is 5.84 Å². The molecule has 0 radical (unpaired) electrons. The van der Waals surface area contributed by atoms with Gasteiger partial charge in [-0.3, -0.25) is 5.41 Å². The van der Waals surface area contributed by atoms with E-state index in [-0.39, 0.29) is 12.4 Å². The summed E-state index contributed by atoms with van der Waals surface area (Å²) >= 11 is 15.2. The van der Waals surface area contributed by atoms with Crippen molar-refractivity contribution in [3.8, 4) is 5.75 Å². The quantitative estimate of drug-likeness (QED) is 0.448. The fourth-order valence-corrected chi connectivity index (χ4v) is 2.45. The standard InChI is InChI=1S/C14H10BrCl2FN2O/c15-9-4-11(17)13(5-10(9)16)21-6-8-2-1-7(14(19)20)3-12(8)18/h1-5H,6H2,(H3,19,20). The molecular weight excluding hydrogens is 382 g/mol. The predicted octanol–water partition coefficient (Wildman–Crippen LogP) is 4.76. The van der Waals surface area contributed by atoms with Crippen LogP contribution in [0.15, 0.2) is 34.8 Å². The number of amidine groups is 1. The molecule has 2 rings (SSSR count). The van der Waals surface area contributed by atoms with Gasteiger partial charge in [-0.2, -0.15) is 0 Å². The van der Waals surface area contributed by atoms with Crippen LogP contribution >= 0.6 is 39.1 Å². The molecule has 2 aromatic carbocycles. The third kappa shape index (κ3) is 3.87. The van der Waals surface area contributed by atoms with Gasteiger partial charge in [0.05, 0.1) is 10.0 Å². The number of halogens is 4. The van der Waals surface area contributed by atoms with Gasteiger partial charge in [0.15, 0.2) is 0 Å². The normalized spacial score (nSPS) is 10.5. The van der Waals surface area contributed by atoms with Crippen LogP contribution in [0.2, 0.25) is 10.0 Å². The minimum atomic E-state index is -0.498. The summed E-state index contributed by atoms with van der Waals surface area (Å²) in [6, 6.07) is 7.42. The Labute approximate surface area is 139 Å². The fourth-order valence-electron chi connectivity index (χ4n) is 1.60. The highest BCUT2D eigenvalue weighted by Gasteiger charge is 2.10. The Morgan fingerprint density at radius 3 is 2.57 bits per heavy atom. The van der Waals surface area contributed by atoms with Crippen LogP contribution in [0, 0.1) is 11.2 Å². The van der Waals surface area contributed by atoms with Crippen molar-refractivity contribution in [3.63, 3.8) is 0 Å². The zero-order valence-electron chi connectivity index (χ0n) is 10.6. The number of hydrogen-bond donors (Lipinski definition) is 2. The van der Waals surface area contributed by atoms with Gasteiger partial charge >= 0.3 is 0 Å². The molecule has 0 aliphatic rings. The summed E-state index contributed by atoms with van der Waals surface area (Å²) in [4.78, 5) is 0. The van der Waals surface area contributed by atoms with Crippen LogP contribution in [0.1, 0.15) is 11.1 Å². The number of nitrogens with one attached hydrogen (secondary N) is 1. The molecular formula is C14H10BrCl2FN2O. The Morgan fingerprint density at radius 1 is 1.24 bits per heavy atom. The van der Waals surface area contributed by atoms with Gasteiger partial charge in [-0.1, -0.05) is 35.3 Å². The first-order chi connectivity index (χ1) is 9.88. The predicted molar refractivity (Wildman–Crippen MR) is 85.9 cm³/mol. The van der Waals surface area contributed by atoms with Gasteiger partial charge in [0, 0.05) is 21.7 Å². The average Bonchev–Trinajstić information content (AvgIpc) is 2.42. The van der Waals surface area contributed by atoms with E-state index in [0.717, 1.165) is 0 Å². The molecule has 0 spiro atoms. The Kier molecular flexibility index (Phi) is 5.08. The van der Waals surface area contributed by atoms with E-state index in [1.165, 1.54) is 12.1 Å². The molecule has 110 valence electrons. The van der Waals surface area contributed by atoms with Crippen LogP contribution < -0.4 is 10.5 Å². The number of rotatable bonds is 4. The zero-order chi connectivity index (χ0) is 15.6. The number of nitrogens with two attached hydrogens (primary N) is 1. The van der Waals surface area contributed by atoms with Crippen molar-refractivity contribution in [1.82, 2.24) is 0 Å². The van der Waals surface area contributed by atoms with E-state index in [1.807, 2.05) is 0 Å². The van der Waals surface area contributed by atoms with Crippen molar-refractivity contribution in [2.24, 2.45) is 5.73 Å². The SMILES string of the molecule is N=C(N)c1ccc(COc2cc(Cl)c(Br)cc2Cl)c(F)c1. The molecule has 3 nitrogen and oxygen atoms in total. The van der Waals surface area contributed by atoms with Gasteiger partial charge in [0.2, 0.25) is 0 Å². The van der Waals surface area contributed by atoms with Gasteiger partial charge in [0.25, 0.3) is 0 Å². The topological polar surface area (TPSA) is 59.1 Å². The number of nitrogen functional groups attached to an aromatic ring is 1. The Morgan fingerprint density at radius 2 is 1.95 bits per heavy atom. The first kappa shape index (κ1) is 16.1. The lowest BCUT2D eigenvalue weighted by atomic mass is 10.1. The molecule has 0 saturated carbocycles. The highest BCUT2D eigenvalue weighted by atomic mass is 79.9. The maximum atomic E-state index is 13.9. The lowest BCUT2D eigenvalue weighted by Gasteiger charge is -2.10. The third-order valence-electron chi connectivity index (χ3n) is 2.72. The minimum Gasteiger partial charge on any atom is -0.487 e. The van der Waals surface area contributed by atoms with Crippen LogP contribution in [0.25, 0.3) is 0 Å². The van der Waals surface area contributed by atoms with E-state index < -0.39 is 5.82 Å². The van der Waals surface area contributed by atoms with E-state index in [2.05, 4.69) is 15.9 Å². The molecule has 7 heteroatoms. The second kappa shape index (κ2) is 6.64. The smallest absolute Gasteiger partial charge is 0.139 e. The molecule has 0 aliphatic heterocycles. The molecule has 0 aromatic heterocycles. The van der Waals surface area contributed by atoms with Gasteiger partial charge < -0.3 is 10.5 Å². The minimum absolute atomic E-state index is 0.0122. The van der Waals surface area contributed by atoms with Crippen molar-refractivity contribution < 1.29 is 9.13 Å². The summed E-state index contributed by atoms with van der Waals surface area (Å²) in [6.45, 7) is -0.0122. The summed E-state index contributed by atoms with van der Waals surface area (Å²) < 4.78 is 20.0. The summed E-state index contributed by atoms with van der Waals surface area (Å²) in [5, 5.41) is 8.07. The second-order valence-corrected chi connectivity index (χ2v) is 5.87. The Hall–Kier alpha value is -1.30. The molecule has 0 aliphatic carbocycles. The summed E-state index contributed by atoms with van der Waals surface area (Å²) in [5.41, 5.74) is 5.95. The summed E-state index contributed by atoms with van der Waals surface area (Å²) in [5.74, 6) is -0.328. The Bertz CT molecular complexity index is 710. The van der Waals surface area contributed by atoms with Gasteiger partial charge in [-0.05, 0) is 28.1 Å². The first-order valence-corrected chi connectivity index (χ1v) is 7.33.